The maximum Gasteiger partial charge on any atom is 0.303 e. The summed E-state index contributed by atoms with van der Waals surface area (Å²) in [4.78, 5) is 10.4. The first-order chi connectivity index (χ1) is 16.2. The third kappa shape index (κ3) is 29.4. The van der Waals surface area contributed by atoms with Crippen molar-refractivity contribution in [3.05, 3.63) is 0 Å². The summed E-state index contributed by atoms with van der Waals surface area (Å²) < 4.78 is 0. The van der Waals surface area contributed by atoms with Gasteiger partial charge in [0.25, 0.3) is 0 Å². The van der Waals surface area contributed by atoms with Gasteiger partial charge in [-0.05, 0) is 19.3 Å². The predicted octanol–water partition coefficient (Wildman–Crippen LogP) is 9.98. The topological polar surface area (TPSA) is 57.5 Å². The molecule has 3 nitrogen and oxygen atoms in total. The van der Waals surface area contributed by atoms with Gasteiger partial charge in [-0.1, -0.05) is 155 Å². The smallest absolute Gasteiger partial charge is 0.303 e. The molecule has 0 aliphatic heterocycles. The number of rotatable bonds is 28. The number of aliphatic hydroxyl groups excluding tert-OH is 1. The van der Waals surface area contributed by atoms with Crippen LogP contribution in [-0.2, 0) is 4.79 Å². The van der Waals surface area contributed by atoms with Crippen LogP contribution in [-0.4, -0.2) is 22.3 Å². The Labute approximate surface area is 207 Å². The molecule has 0 heterocycles. The highest BCUT2D eigenvalue weighted by molar-refractivity contribution is 5.66. The fourth-order valence-corrected chi connectivity index (χ4v) is 4.75. The minimum absolute atomic E-state index is 0.0632. The molecule has 0 saturated carbocycles. The number of aliphatic carboxylic acids is 1. The lowest BCUT2D eigenvalue weighted by atomic mass is 10.0. The highest BCUT2D eigenvalue weighted by atomic mass is 16.4. The maximum absolute atomic E-state index is 10.4. The van der Waals surface area contributed by atoms with Crippen LogP contribution in [0.3, 0.4) is 0 Å². The van der Waals surface area contributed by atoms with E-state index in [0.717, 1.165) is 25.7 Å². The Hall–Kier alpha value is -0.570. The summed E-state index contributed by atoms with van der Waals surface area (Å²) in [6.45, 7) is 2.07. The Kier molecular flexibility index (Phi) is 27.2. The van der Waals surface area contributed by atoms with Gasteiger partial charge in [-0.25, -0.2) is 0 Å². The third-order valence-corrected chi connectivity index (χ3v) is 7.15. The fourth-order valence-electron chi connectivity index (χ4n) is 4.75. The highest BCUT2D eigenvalue weighted by Crippen LogP contribution is 2.16. The summed E-state index contributed by atoms with van der Waals surface area (Å²) in [5.41, 5.74) is 0. The number of carboxylic acids is 1. The standard InChI is InChI=1S/C30H60O3/c1-2-29(31)27-25-23-21-19-17-15-13-11-9-7-5-3-4-6-8-10-12-14-16-18-20-22-24-26-28-30(32)33/h29,31H,2-28H2,1H3,(H,32,33). The average Bonchev–Trinajstić information content (AvgIpc) is 2.80. The second kappa shape index (κ2) is 27.7. The van der Waals surface area contributed by atoms with E-state index in [9.17, 15) is 9.90 Å². The molecule has 0 bridgehead atoms. The zero-order chi connectivity index (χ0) is 24.2. The van der Waals surface area contributed by atoms with Crippen molar-refractivity contribution in [2.24, 2.45) is 0 Å². The molecule has 0 spiro atoms. The minimum atomic E-state index is -0.653. The Morgan fingerprint density at radius 3 is 0.970 bits per heavy atom. The summed E-state index contributed by atoms with van der Waals surface area (Å²) in [5, 5.41) is 18.1. The summed E-state index contributed by atoms with van der Waals surface area (Å²) in [6, 6.07) is 0. The lowest BCUT2D eigenvalue weighted by Crippen LogP contribution is -2.03. The van der Waals surface area contributed by atoms with Gasteiger partial charge < -0.3 is 10.2 Å². The normalized spacial score (nSPS) is 12.3. The van der Waals surface area contributed by atoms with Gasteiger partial charge in [0.1, 0.15) is 0 Å². The van der Waals surface area contributed by atoms with Gasteiger partial charge >= 0.3 is 5.97 Å². The van der Waals surface area contributed by atoms with E-state index < -0.39 is 5.97 Å². The molecule has 0 aliphatic carbocycles. The van der Waals surface area contributed by atoms with Crippen molar-refractivity contribution in [1.82, 2.24) is 0 Å². The van der Waals surface area contributed by atoms with E-state index in [2.05, 4.69) is 6.92 Å². The molecule has 0 radical (unpaired) electrons. The quantitative estimate of drug-likeness (QED) is 0.112. The molecule has 0 aromatic carbocycles. The number of aliphatic hydroxyl groups is 1. The first-order valence-electron chi connectivity index (χ1n) is 15.1. The van der Waals surface area contributed by atoms with E-state index in [1.807, 2.05) is 0 Å². The molecule has 0 saturated heterocycles. The van der Waals surface area contributed by atoms with Gasteiger partial charge in [0, 0.05) is 6.42 Å². The molecular formula is C30H60O3. The second-order valence-electron chi connectivity index (χ2n) is 10.5. The van der Waals surface area contributed by atoms with Crippen LogP contribution in [0.5, 0.6) is 0 Å². The molecule has 198 valence electrons. The molecular weight excluding hydrogens is 408 g/mol. The number of hydrogen-bond donors (Lipinski definition) is 2. The molecule has 0 aromatic heterocycles. The third-order valence-electron chi connectivity index (χ3n) is 7.15. The minimum Gasteiger partial charge on any atom is -0.481 e. The fraction of sp³-hybridized carbons (Fsp3) is 0.967. The van der Waals surface area contributed by atoms with Gasteiger partial charge in [0.15, 0.2) is 0 Å². The van der Waals surface area contributed by atoms with Crippen molar-refractivity contribution < 1.29 is 15.0 Å². The number of unbranched alkanes of at least 4 members (excludes halogenated alkanes) is 23. The summed E-state index contributed by atoms with van der Waals surface area (Å²) in [5.74, 6) is -0.653. The molecule has 3 heteroatoms. The van der Waals surface area contributed by atoms with Crippen molar-refractivity contribution >= 4 is 5.97 Å². The summed E-state index contributed by atoms with van der Waals surface area (Å²) in [6.07, 6.45) is 34.5. The zero-order valence-corrected chi connectivity index (χ0v) is 22.5. The van der Waals surface area contributed by atoms with E-state index in [4.69, 9.17) is 5.11 Å². The predicted molar refractivity (Wildman–Crippen MR) is 144 cm³/mol. The van der Waals surface area contributed by atoms with Crippen LogP contribution in [0.25, 0.3) is 0 Å². The monoisotopic (exact) mass is 468 g/mol. The van der Waals surface area contributed by atoms with E-state index in [1.54, 1.807) is 0 Å². The number of hydrogen-bond acceptors (Lipinski definition) is 2. The van der Waals surface area contributed by atoms with Gasteiger partial charge in [-0.2, -0.15) is 0 Å². The van der Waals surface area contributed by atoms with Crippen LogP contribution in [0.2, 0.25) is 0 Å². The number of carboxylic acid groups (broad SMARTS) is 1. The molecule has 1 unspecified atom stereocenters. The number of carbonyl (C=O) groups is 1. The first-order valence-corrected chi connectivity index (χ1v) is 15.1. The first kappa shape index (κ1) is 32.4. The van der Waals surface area contributed by atoms with Gasteiger partial charge in [0.2, 0.25) is 0 Å². The largest absolute Gasteiger partial charge is 0.481 e. The Balaban J connectivity index is 3.03. The lowest BCUT2D eigenvalue weighted by Gasteiger charge is -2.06. The molecule has 0 amide bonds. The van der Waals surface area contributed by atoms with E-state index in [-0.39, 0.29) is 6.10 Å². The second-order valence-corrected chi connectivity index (χ2v) is 10.5. The SMILES string of the molecule is CCC(O)CCCCCCCCCCCCCCCCCCCCCCCCCCC(=O)O. The Morgan fingerprint density at radius 1 is 0.485 bits per heavy atom. The highest BCUT2D eigenvalue weighted by Gasteiger charge is 2.00. The van der Waals surface area contributed by atoms with Crippen LogP contribution < -0.4 is 0 Å². The van der Waals surface area contributed by atoms with Gasteiger partial charge in [-0.15, -0.1) is 0 Å². The zero-order valence-electron chi connectivity index (χ0n) is 22.5. The lowest BCUT2D eigenvalue weighted by molar-refractivity contribution is -0.137. The molecule has 0 rings (SSSR count). The molecule has 0 aliphatic rings. The molecule has 1 atom stereocenters. The van der Waals surface area contributed by atoms with Crippen molar-refractivity contribution in [1.29, 1.82) is 0 Å². The van der Waals surface area contributed by atoms with Gasteiger partial charge in [-0.3, -0.25) is 4.79 Å². The average molecular weight is 469 g/mol. The summed E-state index contributed by atoms with van der Waals surface area (Å²) >= 11 is 0. The van der Waals surface area contributed by atoms with Crippen LogP contribution in [0.15, 0.2) is 0 Å². The van der Waals surface area contributed by atoms with Crippen LogP contribution in [0.4, 0.5) is 0 Å². The Morgan fingerprint density at radius 2 is 0.727 bits per heavy atom. The molecule has 2 N–H and O–H groups in total. The molecule has 33 heavy (non-hydrogen) atoms. The van der Waals surface area contributed by atoms with Crippen LogP contribution in [0, 0.1) is 0 Å². The summed E-state index contributed by atoms with van der Waals surface area (Å²) in [7, 11) is 0. The van der Waals surface area contributed by atoms with Crippen LogP contribution >= 0.6 is 0 Å². The maximum atomic E-state index is 10.4. The Bertz CT molecular complexity index is 383. The molecule has 0 aromatic rings. The van der Waals surface area contributed by atoms with Crippen molar-refractivity contribution in [2.45, 2.75) is 186 Å². The molecule has 0 fully saturated rings. The van der Waals surface area contributed by atoms with Crippen LogP contribution in [0.1, 0.15) is 180 Å². The van der Waals surface area contributed by atoms with E-state index in [0.29, 0.717) is 6.42 Å². The van der Waals surface area contributed by atoms with Crippen molar-refractivity contribution in [2.75, 3.05) is 0 Å². The van der Waals surface area contributed by atoms with E-state index >= 15 is 0 Å². The van der Waals surface area contributed by atoms with Crippen molar-refractivity contribution in [3.63, 3.8) is 0 Å². The van der Waals surface area contributed by atoms with E-state index in [1.165, 1.54) is 141 Å². The van der Waals surface area contributed by atoms with Crippen molar-refractivity contribution in [3.8, 4) is 0 Å². The van der Waals surface area contributed by atoms with Gasteiger partial charge in [0.05, 0.1) is 6.10 Å².